The van der Waals surface area contributed by atoms with Crippen molar-refractivity contribution in [2.45, 2.75) is 6.92 Å². The van der Waals surface area contributed by atoms with Crippen molar-refractivity contribution in [1.29, 1.82) is 0 Å². The van der Waals surface area contributed by atoms with Gasteiger partial charge in [-0.05, 0) is 19.1 Å². The molecule has 0 unspecified atom stereocenters. The maximum atomic E-state index is 12.0. The number of halogens is 1. The molecule has 0 bridgehead atoms. The Labute approximate surface area is 112 Å². The average molecular weight is 278 g/mol. The topological polar surface area (TPSA) is 47.8 Å². The smallest absolute Gasteiger partial charge is 0.195 e. The van der Waals surface area contributed by atoms with Gasteiger partial charge in [0.05, 0.1) is 5.39 Å². The predicted molar refractivity (Wildman–Crippen MR) is 72.8 cm³/mol. The van der Waals surface area contributed by atoms with E-state index in [-0.39, 0.29) is 5.43 Å². The van der Waals surface area contributed by atoms with Gasteiger partial charge in [-0.15, -0.1) is 11.3 Å². The molecule has 4 nitrogen and oxygen atoms in total. The van der Waals surface area contributed by atoms with Gasteiger partial charge in [-0.1, -0.05) is 11.6 Å². The van der Waals surface area contributed by atoms with Gasteiger partial charge in [0.15, 0.2) is 16.2 Å². The summed E-state index contributed by atoms with van der Waals surface area (Å²) in [7, 11) is 0. The molecule has 0 aliphatic rings. The van der Waals surface area contributed by atoms with E-state index in [2.05, 4.69) is 9.97 Å². The van der Waals surface area contributed by atoms with Crippen LogP contribution in [0.5, 0.6) is 0 Å². The lowest BCUT2D eigenvalue weighted by molar-refractivity contribution is 1.02. The molecule has 90 valence electrons. The van der Waals surface area contributed by atoms with Crippen LogP contribution in [0.15, 0.2) is 34.7 Å². The Bertz CT molecular complexity index is 780. The zero-order chi connectivity index (χ0) is 12.7. The molecule has 3 aromatic rings. The monoisotopic (exact) mass is 277 g/mol. The number of aromatic nitrogens is 3. The SMILES string of the molecule is Cc1cn(-c2nccs2)c2nc(Cl)ccc2c1=O. The molecular weight excluding hydrogens is 270 g/mol. The zero-order valence-corrected chi connectivity index (χ0v) is 11.0. The van der Waals surface area contributed by atoms with Gasteiger partial charge in [-0.3, -0.25) is 9.36 Å². The van der Waals surface area contributed by atoms with Crippen LogP contribution in [0.3, 0.4) is 0 Å². The van der Waals surface area contributed by atoms with Gasteiger partial charge < -0.3 is 0 Å². The van der Waals surface area contributed by atoms with Crippen LogP contribution in [-0.2, 0) is 0 Å². The first-order chi connectivity index (χ1) is 8.66. The van der Waals surface area contributed by atoms with Gasteiger partial charge in [-0.25, -0.2) is 9.97 Å². The number of thiazole rings is 1. The lowest BCUT2D eigenvalue weighted by Crippen LogP contribution is -2.12. The molecule has 0 aromatic carbocycles. The second kappa shape index (κ2) is 4.19. The van der Waals surface area contributed by atoms with E-state index in [0.717, 1.165) is 5.13 Å². The summed E-state index contributed by atoms with van der Waals surface area (Å²) in [4.78, 5) is 20.5. The highest BCUT2D eigenvalue weighted by atomic mass is 35.5. The molecule has 0 radical (unpaired) electrons. The van der Waals surface area contributed by atoms with Crippen LogP contribution < -0.4 is 5.43 Å². The van der Waals surface area contributed by atoms with Gasteiger partial charge in [0.1, 0.15) is 5.15 Å². The molecular formula is C12H8ClN3OS. The Kier molecular flexibility index (Phi) is 2.65. The number of hydrogen-bond acceptors (Lipinski definition) is 4. The van der Waals surface area contributed by atoms with E-state index in [1.54, 1.807) is 36.0 Å². The molecule has 0 aliphatic carbocycles. The molecule has 0 saturated carbocycles. The standard InChI is InChI=1S/C12H8ClN3OS/c1-7-6-16(12-14-4-5-18-12)11-8(10(7)17)2-3-9(13)15-11/h2-6H,1H3. The van der Waals surface area contributed by atoms with Crippen LogP contribution in [0.1, 0.15) is 5.56 Å². The maximum absolute atomic E-state index is 12.0. The van der Waals surface area contributed by atoms with Crippen LogP contribution in [0.25, 0.3) is 16.2 Å². The van der Waals surface area contributed by atoms with Crippen molar-refractivity contribution < 1.29 is 0 Å². The van der Waals surface area contributed by atoms with Crippen LogP contribution in [0.4, 0.5) is 0 Å². The third-order valence-corrected chi connectivity index (χ3v) is 3.60. The lowest BCUT2D eigenvalue weighted by Gasteiger charge is -2.08. The molecule has 0 atom stereocenters. The highest BCUT2D eigenvalue weighted by Gasteiger charge is 2.10. The van der Waals surface area contributed by atoms with Crippen molar-refractivity contribution in [1.82, 2.24) is 14.5 Å². The molecule has 6 heteroatoms. The largest absolute Gasteiger partial charge is 0.289 e. The van der Waals surface area contributed by atoms with Crippen molar-refractivity contribution in [3.63, 3.8) is 0 Å². The van der Waals surface area contributed by atoms with Gasteiger partial charge in [0, 0.05) is 23.3 Å². The van der Waals surface area contributed by atoms with E-state index >= 15 is 0 Å². The summed E-state index contributed by atoms with van der Waals surface area (Å²) in [6, 6.07) is 3.32. The lowest BCUT2D eigenvalue weighted by atomic mass is 10.2. The van der Waals surface area contributed by atoms with Crippen molar-refractivity contribution in [2.75, 3.05) is 0 Å². The zero-order valence-electron chi connectivity index (χ0n) is 9.42. The number of hydrogen-bond donors (Lipinski definition) is 0. The minimum absolute atomic E-state index is 0.0260. The molecule has 0 aliphatic heterocycles. The Morgan fingerprint density at radius 3 is 2.94 bits per heavy atom. The average Bonchev–Trinajstić information content (AvgIpc) is 2.87. The number of pyridine rings is 2. The quantitative estimate of drug-likeness (QED) is 0.643. The summed E-state index contributed by atoms with van der Waals surface area (Å²) < 4.78 is 1.79. The number of rotatable bonds is 1. The summed E-state index contributed by atoms with van der Waals surface area (Å²) in [5, 5.41) is 3.54. The Morgan fingerprint density at radius 2 is 2.22 bits per heavy atom. The van der Waals surface area contributed by atoms with Crippen molar-refractivity contribution in [2.24, 2.45) is 0 Å². The first-order valence-electron chi connectivity index (χ1n) is 5.25. The fraction of sp³-hybridized carbons (Fsp3) is 0.0833. The second-order valence-corrected chi connectivity index (χ2v) is 5.09. The number of aryl methyl sites for hydroxylation is 1. The van der Waals surface area contributed by atoms with E-state index in [9.17, 15) is 4.79 Å². The summed E-state index contributed by atoms with van der Waals surface area (Å²) in [6.07, 6.45) is 3.46. The first-order valence-corrected chi connectivity index (χ1v) is 6.51. The molecule has 18 heavy (non-hydrogen) atoms. The molecule has 0 amide bonds. The normalized spacial score (nSPS) is 11.0. The number of nitrogens with zero attached hydrogens (tertiary/aromatic N) is 3. The van der Waals surface area contributed by atoms with Gasteiger partial charge in [0.2, 0.25) is 0 Å². The predicted octanol–water partition coefficient (Wildman–Crippen LogP) is 2.80. The first kappa shape index (κ1) is 11.4. The fourth-order valence-corrected chi connectivity index (χ4v) is 2.55. The van der Waals surface area contributed by atoms with Crippen LogP contribution in [-0.4, -0.2) is 14.5 Å². The van der Waals surface area contributed by atoms with E-state index in [1.165, 1.54) is 11.3 Å². The molecule has 0 saturated heterocycles. The van der Waals surface area contributed by atoms with E-state index < -0.39 is 0 Å². The van der Waals surface area contributed by atoms with Crippen LogP contribution >= 0.6 is 22.9 Å². The van der Waals surface area contributed by atoms with Gasteiger partial charge in [0.25, 0.3) is 0 Å². The maximum Gasteiger partial charge on any atom is 0.195 e. The molecule has 0 fully saturated rings. The van der Waals surface area contributed by atoms with Crippen molar-refractivity contribution in [3.8, 4) is 5.13 Å². The summed E-state index contributed by atoms with van der Waals surface area (Å²) in [6.45, 7) is 1.78. The summed E-state index contributed by atoms with van der Waals surface area (Å²) >= 11 is 7.38. The van der Waals surface area contributed by atoms with E-state index in [0.29, 0.717) is 21.7 Å². The number of fused-ring (bicyclic) bond motifs is 1. The minimum Gasteiger partial charge on any atom is -0.289 e. The molecule has 0 N–H and O–H groups in total. The van der Waals surface area contributed by atoms with Crippen molar-refractivity contribution >= 4 is 34.0 Å². The highest BCUT2D eigenvalue weighted by molar-refractivity contribution is 7.12. The Balaban J connectivity index is 2.48. The Morgan fingerprint density at radius 1 is 1.39 bits per heavy atom. The summed E-state index contributed by atoms with van der Waals surface area (Å²) in [5.41, 5.74) is 1.16. The fourth-order valence-electron chi connectivity index (χ4n) is 1.79. The van der Waals surface area contributed by atoms with Crippen LogP contribution in [0.2, 0.25) is 5.15 Å². The van der Waals surface area contributed by atoms with E-state index in [1.807, 2.05) is 5.38 Å². The summed E-state index contributed by atoms with van der Waals surface area (Å²) in [5.74, 6) is 0. The molecule has 3 heterocycles. The Hall–Kier alpha value is -1.72. The van der Waals surface area contributed by atoms with Crippen LogP contribution in [0, 0.1) is 6.92 Å². The third kappa shape index (κ3) is 1.72. The van der Waals surface area contributed by atoms with E-state index in [4.69, 9.17) is 11.6 Å². The highest BCUT2D eigenvalue weighted by Crippen LogP contribution is 2.19. The molecule has 3 rings (SSSR count). The molecule has 3 aromatic heterocycles. The van der Waals surface area contributed by atoms with Gasteiger partial charge in [-0.2, -0.15) is 0 Å². The second-order valence-electron chi connectivity index (χ2n) is 3.83. The minimum atomic E-state index is -0.0260. The van der Waals surface area contributed by atoms with Gasteiger partial charge >= 0.3 is 0 Å². The van der Waals surface area contributed by atoms with Crippen molar-refractivity contribution in [3.05, 3.63) is 50.8 Å². The molecule has 0 spiro atoms. The third-order valence-electron chi connectivity index (χ3n) is 2.62.